The molecule has 0 aliphatic rings. The van der Waals surface area contributed by atoms with E-state index in [-0.39, 0.29) is 28.5 Å². The molecule has 0 fully saturated rings. The van der Waals surface area contributed by atoms with Crippen LogP contribution in [0.1, 0.15) is 22.8 Å². The van der Waals surface area contributed by atoms with Gasteiger partial charge in [0.05, 0.1) is 32.5 Å². The highest BCUT2D eigenvalue weighted by atomic mass is 19.4. The Hall–Kier alpha value is -3.43. The average Bonchev–Trinajstić information content (AvgIpc) is 2.72. The number of carbonyl (C=O) groups is 2. The highest BCUT2D eigenvalue weighted by molar-refractivity contribution is 5.97. The van der Waals surface area contributed by atoms with Gasteiger partial charge in [-0.2, -0.15) is 13.2 Å². The highest BCUT2D eigenvalue weighted by Crippen LogP contribution is 2.38. The third kappa shape index (κ3) is 5.34. The number of esters is 1. The van der Waals surface area contributed by atoms with E-state index in [1.165, 1.54) is 40.4 Å². The number of halogens is 3. The molecule has 0 bridgehead atoms. The lowest BCUT2D eigenvalue weighted by atomic mass is 10.1. The Bertz CT molecular complexity index is 887. The van der Waals surface area contributed by atoms with Crippen LogP contribution in [0.3, 0.4) is 0 Å². The summed E-state index contributed by atoms with van der Waals surface area (Å²) in [5, 5.41) is 2.39. The van der Waals surface area contributed by atoms with Gasteiger partial charge in [0.1, 0.15) is 0 Å². The molecule has 0 saturated carbocycles. The van der Waals surface area contributed by atoms with Crippen molar-refractivity contribution in [2.45, 2.75) is 19.2 Å². The SMILES string of the molecule is COc1cc(C(=O)OC(C)C(=O)Nc2ccc(C(F)(F)F)cc2)cc(OC)c1OC. The molecule has 0 radical (unpaired) electrons. The van der Waals surface area contributed by atoms with E-state index in [1.807, 2.05) is 0 Å². The standard InChI is InChI=1S/C20H20F3NO6/c1-11(18(25)24-14-7-5-13(6-8-14)20(21,22)23)30-19(26)12-9-15(27-2)17(29-4)16(10-12)28-3/h5-11H,1-4H3,(H,24,25). The fourth-order valence-electron chi connectivity index (χ4n) is 2.47. The van der Waals surface area contributed by atoms with Gasteiger partial charge >= 0.3 is 12.1 Å². The molecule has 0 saturated heterocycles. The topological polar surface area (TPSA) is 83.1 Å². The highest BCUT2D eigenvalue weighted by Gasteiger charge is 2.30. The summed E-state index contributed by atoms with van der Waals surface area (Å²) in [5.74, 6) is -0.805. The molecule has 162 valence electrons. The van der Waals surface area contributed by atoms with Gasteiger partial charge in [-0.3, -0.25) is 4.79 Å². The minimum Gasteiger partial charge on any atom is -0.493 e. The Morgan fingerprint density at radius 3 is 1.90 bits per heavy atom. The molecule has 1 N–H and O–H groups in total. The van der Waals surface area contributed by atoms with Crippen LogP contribution < -0.4 is 19.5 Å². The molecule has 0 aromatic heterocycles. The van der Waals surface area contributed by atoms with Gasteiger partial charge in [0, 0.05) is 5.69 Å². The van der Waals surface area contributed by atoms with E-state index in [2.05, 4.69) is 5.32 Å². The van der Waals surface area contributed by atoms with Crippen molar-refractivity contribution in [2.75, 3.05) is 26.6 Å². The summed E-state index contributed by atoms with van der Waals surface area (Å²) in [7, 11) is 4.17. The maximum atomic E-state index is 12.6. The van der Waals surface area contributed by atoms with E-state index < -0.39 is 29.7 Å². The molecule has 10 heteroatoms. The number of rotatable bonds is 7. The molecule has 1 amide bonds. The zero-order valence-electron chi connectivity index (χ0n) is 16.6. The minimum absolute atomic E-state index is 0.0543. The molecule has 1 unspecified atom stereocenters. The van der Waals surface area contributed by atoms with Crippen LogP contribution in [0.5, 0.6) is 17.2 Å². The number of amides is 1. The Labute approximate surface area is 170 Å². The van der Waals surface area contributed by atoms with Crippen LogP contribution in [0.4, 0.5) is 18.9 Å². The molecule has 0 aliphatic heterocycles. The molecule has 2 aromatic carbocycles. The molecular weight excluding hydrogens is 407 g/mol. The number of hydrogen-bond acceptors (Lipinski definition) is 6. The van der Waals surface area contributed by atoms with Gasteiger partial charge in [-0.05, 0) is 43.3 Å². The number of methoxy groups -OCH3 is 3. The molecule has 1 atom stereocenters. The molecular formula is C20H20F3NO6. The Balaban J connectivity index is 2.09. The van der Waals surface area contributed by atoms with E-state index in [9.17, 15) is 22.8 Å². The molecule has 7 nitrogen and oxygen atoms in total. The van der Waals surface area contributed by atoms with Gasteiger partial charge in [-0.25, -0.2) is 4.79 Å². The second-order valence-corrected chi connectivity index (χ2v) is 6.03. The van der Waals surface area contributed by atoms with Crippen molar-refractivity contribution in [1.82, 2.24) is 0 Å². The number of benzene rings is 2. The van der Waals surface area contributed by atoms with Crippen molar-refractivity contribution in [1.29, 1.82) is 0 Å². The zero-order chi connectivity index (χ0) is 22.5. The van der Waals surface area contributed by atoms with Crippen LogP contribution in [0.25, 0.3) is 0 Å². The van der Waals surface area contributed by atoms with Crippen LogP contribution in [0.2, 0.25) is 0 Å². The molecule has 30 heavy (non-hydrogen) atoms. The van der Waals surface area contributed by atoms with Gasteiger partial charge in [-0.15, -0.1) is 0 Å². The Kier molecular flexibility index (Phi) is 7.14. The van der Waals surface area contributed by atoms with Gasteiger partial charge < -0.3 is 24.3 Å². The number of alkyl halides is 3. The van der Waals surface area contributed by atoms with E-state index in [0.717, 1.165) is 24.3 Å². The van der Waals surface area contributed by atoms with Gasteiger partial charge in [-0.1, -0.05) is 0 Å². The Morgan fingerprint density at radius 2 is 1.47 bits per heavy atom. The third-order valence-corrected chi connectivity index (χ3v) is 4.03. The largest absolute Gasteiger partial charge is 0.493 e. The smallest absolute Gasteiger partial charge is 0.416 e. The second-order valence-electron chi connectivity index (χ2n) is 6.03. The van der Waals surface area contributed by atoms with Crippen molar-refractivity contribution < 1.29 is 41.7 Å². The normalized spacial score (nSPS) is 12.0. The average molecular weight is 427 g/mol. The van der Waals surface area contributed by atoms with Crippen molar-refractivity contribution in [3.8, 4) is 17.2 Å². The summed E-state index contributed by atoms with van der Waals surface area (Å²) in [4.78, 5) is 24.7. The summed E-state index contributed by atoms with van der Waals surface area (Å²) >= 11 is 0. The van der Waals surface area contributed by atoms with Crippen molar-refractivity contribution in [3.63, 3.8) is 0 Å². The molecule has 0 spiro atoms. The maximum absolute atomic E-state index is 12.6. The van der Waals surface area contributed by atoms with Gasteiger partial charge in [0.25, 0.3) is 5.91 Å². The van der Waals surface area contributed by atoms with Crippen LogP contribution in [0, 0.1) is 0 Å². The van der Waals surface area contributed by atoms with E-state index in [0.29, 0.717) is 0 Å². The molecule has 0 heterocycles. The molecule has 2 rings (SSSR count). The van der Waals surface area contributed by atoms with Crippen molar-refractivity contribution in [3.05, 3.63) is 47.5 Å². The second kappa shape index (κ2) is 9.38. The van der Waals surface area contributed by atoms with E-state index in [1.54, 1.807) is 0 Å². The summed E-state index contributed by atoms with van der Waals surface area (Å²) in [6.07, 6.45) is -5.70. The third-order valence-electron chi connectivity index (χ3n) is 4.03. The van der Waals surface area contributed by atoms with E-state index in [4.69, 9.17) is 18.9 Å². The fraction of sp³-hybridized carbons (Fsp3) is 0.300. The van der Waals surface area contributed by atoms with Gasteiger partial charge in [0.2, 0.25) is 5.75 Å². The summed E-state index contributed by atoms with van der Waals surface area (Å²) in [6.45, 7) is 1.33. The summed E-state index contributed by atoms with van der Waals surface area (Å²) in [6, 6.07) is 6.61. The fourth-order valence-corrected chi connectivity index (χ4v) is 2.47. The first-order valence-corrected chi connectivity index (χ1v) is 8.59. The summed E-state index contributed by atoms with van der Waals surface area (Å²) in [5.41, 5.74) is -0.662. The number of carbonyl (C=O) groups excluding carboxylic acids is 2. The van der Waals surface area contributed by atoms with Gasteiger partial charge in [0.15, 0.2) is 17.6 Å². The number of anilines is 1. The number of hydrogen-bond donors (Lipinski definition) is 1. The van der Waals surface area contributed by atoms with Crippen molar-refractivity contribution >= 4 is 17.6 Å². The van der Waals surface area contributed by atoms with Crippen LogP contribution in [-0.2, 0) is 15.7 Å². The Morgan fingerprint density at radius 1 is 0.933 bits per heavy atom. The quantitative estimate of drug-likeness (QED) is 0.675. The molecule has 2 aromatic rings. The van der Waals surface area contributed by atoms with E-state index >= 15 is 0 Å². The lowest BCUT2D eigenvalue weighted by molar-refractivity contribution is -0.137. The maximum Gasteiger partial charge on any atom is 0.416 e. The predicted molar refractivity (Wildman–Crippen MR) is 101 cm³/mol. The van der Waals surface area contributed by atoms with Crippen molar-refractivity contribution in [2.24, 2.45) is 0 Å². The first kappa shape index (κ1) is 22.9. The number of nitrogens with one attached hydrogen (secondary N) is 1. The lowest BCUT2D eigenvalue weighted by Gasteiger charge is -2.16. The lowest BCUT2D eigenvalue weighted by Crippen LogP contribution is -2.30. The monoisotopic (exact) mass is 427 g/mol. The van der Waals surface area contributed by atoms with Crippen LogP contribution >= 0.6 is 0 Å². The first-order chi connectivity index (χ1) is 14.1. The predicted octanol–water partition coefficient (Wildman–Crippen LogP) is 3.92. The zero-order valence-corrected chi connectivity index (χ0v) is 16.6. The van der Waals surface area contributed by atoms with Crippen LogP contribution in [-0.4, -0.2) is 39.3 Å². The molecule has 0 aliphatic carbocycles. The number of ether oxygens (including phenoxy) is 4. The summed E-state index contributed by atoms with van der Waals surface area (Å²) < 4.78 is 58.4. The first-order valence-electron chi connectivity index (χ1n) is 8.59. The van der Waals surface area contributed by atoms with Crippen LogP contribution in [0.15, 0.2) is 36.4 Å². The minimum atomic E-state index is -4.48.